The van der Waals surface area contributed by atoms with Crippen LogP contribution in [0, 0.1) is 0 Å². The van der Waals surface area contributed by atoms with E-state index >= 15 is 0 Å². The van der Waals surface area contributed by atoms with Crippen molar-refractivity contribution in [3.05, 3.63) is 72.7 Å². The van der Waals surface area contributed by atoms with E-state index in [2.05, 4.69) is 59.8 Å². The lowest BCUT2D eigenvalue weighted by molar-refractivity contribution is 0.235. The van der Waals surface area contributed by atoms with Crippen LogP contribution >= 0.6 is 0 Å². The second kappa shape index (κ2) is 13.7. The molecule has 0 unspecified atom stereocenters. The number of nitrogens with one attached hydrogen (secondary N) is 1. The molecule has 2 aromatic heterocycles. The third-order valence-corrected chi connectivity index (χ3v) is 8.07. The predicted molar refractivity (Wildman–Crippen MR) is 169 cm³/mol. The van der Waals surface area contributed by atoms with Gasteiger partial charge in [-0.3, -0.25) is 14.8 Å². The summed E-state index contributed by atoms with van der Waals surface area (Å²) in [7, 11) is 1.85. The quantitative estimate of drug-likeness (QED) is 0.351. The van der Waals surface area contributed by atoms with E-state index in [1.165, 1.54) is 19.3 Å². The fourth-order valence-corrected chi connectivity index (χ4v) is 5.67. The first kappa shape index (κ1) is 28.7. The van der Waals surface area contributed by atoms with E-state index in [1.807, 2.05) is 37.6 Å². The number of hydrogen-bond acceptors (Lipinski definition) is 8. The van der Waals surface area contributed by atoms with Crippen molar-refractivity contribution in [2.75, 3.05) is 76.3 Å². The molecule has 0 spiro atoms. The largest absolute Gasteiger partial charge is 0.404 e. The van der Waals surface area contributed by atoms with Gasteiger partial charge in [-0.1, -0.05) is 25.1 Å². The fourth-order valence-electron chi connectivity index (χ4n) is 5.67. The first-order chi connectivity index (χ1) is 20.1. The Balaban J connectivity index is 1.29. The van der Waals surface area contributed by atoms with Crippen LogP contribution in [0.1, 0.15) is 30.4 Å². The van der Waals surface area contributed by atoms with Crippen LogP contribution in [0.25, 0.3) is 22.0 Å². The van der Waals surface area contributed by atoms with Crippen LogP contribution in [0.5, 0.6) is 0 Å². The molecule has 1 aromatic carbocycles. The molecule has 2 fully saturated rings. The minimum Gasteiger partial charge on any atom is -0.404 e. The average molecular weight is 557 g/mol. The zero-order valence-corrected chi connectivity index (χ0v) is 24.0. The molecule has 41 heavy (non-hydrogen) atoms. The van der Waals surface area contributed by atoms with Gasteiger partial charge in [0, 0.05) is 87.1 Å². The molecule has 9 heteroatoms. The summed E-state index contributed by atoms with van der Waals surface area (Å²) in [4.78, 5) is 20.7. The molecule has 4 heterocycles. The number of hydrogen-bond donors (Lipinski definition) is 2. The minimum absolute atomic E-state index is 0.305. The van der Waals surface area contributed by atoms with Crippen LogP contribution in [-0.2, 0) is 0 Å². The van der Waals surface area contributed by atoms with Gasteiger partial charge in [-0.05, 0) is 61.1 Å². The number of nitrogens with two attached hydrogens (primary N) is 1. The monoisotopic (exact) mass is 556 g/mol. The molecule has 0 aliphatic carbocycles. The van der Waals surface area contributed by atoms with Crippen molar-refractivity contribution in [1.29, 1.82) is 0 Å². The first-order valence-electron chi connectivity index (χ1n) is 14.5. The average Bonchev–Trinajstić information content (AvgIpc) is 3.02. The zero-order valence-electron chi connectivity index (χ0n) is 24.0. The Kier molecular flexibility index (Phi) is 9.59. The number of benzene rings is 1. The van der Waals surface area contributed by atoms with Crippen molar-refractivity contribution < 1.29 is 4.39 Å². The lowest BCUT2D eigenvalue weighted by Gasteiger charge is -2.35. The predicted octanol–water partition coefficient (Wildman–Crippen LogP) is 4.66. The van der Waals surface area contributed by atoms with Gasteiger partial charge in [0.25, 0.3) is 0 Å². The van der Waals surface area contributed by atoms with E-state index in [0.29, 0.717) is 12.4 Å². The maximum Gasteiger partial charge on any atom is 0.130 e. The molecule has 3 aromatic rings. The number of likely N-dealkylation sites (tertiary alicyclic amines) is 1. The number of piperidine rings is 1. The smallest absolute Gasteiger partial charge is 0.130 e. The van der Waals surface area contributed by atoms with Gasteiger partial charge >= 0.3 is 0 Å². The number of aliphatic imine (C=N–C) groups is 1. The molecule has 2 aliphatic heterocycles. The Morgan fingerprint density at radius 2 is 1.78 bits per heavy atom. The summed E-state index contributed by atoms with van der Waals surface area (Å²) in [6.07, 6.45) is 9.14. The van der Waals surface area contributed by atoms with Crippen LogP contribution in [-0.4, -0.2) is 91.6 Å². The number of pyridine rings is 2. The summed E-state index contributed by atoms with van der Waals surface area (Å²) in [5.41, 5.74) is 10.9. The van der Waals surface area contributed by atoms with Crippen molar-refractivity contribution in [2.45, 2.75) is 19.3 Å². The van der Waals surface area contributed by atoms with Crippen molar-refractivity contribution in [3.8, 4) is 0 Å². The number of halogens is 1. The van der Waals surface area contributed by atoms with Crippen molar-refractivity contribution >= 4 is 39.4 Å². The molecule has 0 atom stereocenters. The van der Waals surface area contributed by atoms with E-state index in [4.69, 9.17) is 5.73 Å². The first-order valence-corrected chi connectivity index (χ1v) is 14.5. The van der Waals surface area contributed by atoms with Gasteiger partial charge in [0.15, 0.2) is 0 Å². The Labute approximate surface area is 242 Å². The van der Waals surface area contributed by atoms with Crippen LogP contribution in [0.3, 0.4) is 0 Å². The van der Waals surface area contributed by atoms with Crippen LogP contribution in [0.15, 0.2) is 66.6 Å². The molecule has 0 radical (unpaired) electrons. The van der Waals surface area contributed by atoms with E-state index in [-0.39, 0.29) is 6.67 Å². The summed E-state index contributed by atoms with van der Waals surface area (Å²) in [5, 5.41) is 5.49. The third-order valence-electron chi connectivity index (χ3n) is 8.07. The number of aromatic nitrogens is 2. The molecule has 216 valence electrons. The van der Waals surface area contributed by atoms with Gasteiger partial charge in [-0.15, -0.1) is 0 Å². The molecule has 0 amide bonds. The van der Waals surface area contributed by atoms with Crippen LogP contribution < -0.4 is 16.0 Å². The molecule has 2 saturated heterocycles. The minimum atomic E-state index is -0.305. The highest BCUT2D eigenvalue weighted by Crippen LogP contribution is 2.26. The van der Waals surface area contributed by atoms with Crippen LogP contribution in [0.2, 0.25) is 0 Å². The van der Waals surface area contributed by atoms with Gasteiger partial charge in [-0.25, -0.2) is 14.4 Å². The van der Waals surface area contributed by atoms with Crippen molar-refractivity contribution in [3.63, 3.8) is 0 Å². The molecule has 0 saturated carbocycles. The highest BCUT2D eigenvalue weighted by Gasteiger charge is 2.19. The van der Waals surface area contributed by atoms with E-state index in [1.54, 1.807) is 6.20 Å². The summed E-state index contributed by atoms with van der Waals surface area (Å²) >= 11 is 0. The molecule has 2 aliphatic rings. The fraction of sp³-hybridized carbons (Fsp3) is 0.406. The van der Waals surface area contributed by atoms with Crippen molar-refractivity contribution in [1.82, 2.24) is 19.8 Å². The second-order valence-electron chi connectivity index (χ2n) is 10.7. The number of rotatable bonds is 10. The van der Waals surface area contributed by atoms with Crippen molar-refractivity contribution in [2.24, 2.45) is 10.7 Å². The maximum atomic E-state index is 12.7. The lowest BCUT2D eigenvalue weighted by Crippen LogP contribution is -2.47. The van der Waals surface area contributed by atoms with E-state index < -0.39 is 0 Å². The summed E-state index contributed by atoms with van der Waals surface area (Å²) in [6, 6.07) is 12.4. The third kappa shape index (κ3) is 7.10. The number of piperazine rings is 1. The standard InChI is InChI=1S/C32H41FN8/c1-24(25-8-10-36-32(20-25)41-16-14-39(13-9-33)15-17-41)38-31-19-28-18-26(6-7-27(28)22-37-31)29(21-34)30(35-2)23-40-11-4-3-5-12-40/h6-8,10,18-22H,1,3-5,9,11-17,23,34H2,2H3,(H,37,38). The normalized spacial score (nSPS) is 17.7. The molecule has 3 N–H and O–H groups in total. The molecular weight excluding hydrogens is 515 g/mol. The zero-order chi connectivity index (χ0) is 28.6. The SMILES string of the molecule is C=C(Nc1cc2cc(C(=CN)C(CN3CCCCC3)=NC)ccc2cn1)c1ccnc(N2CCN(CCF)CC2)c1. The molecular formula is C32H41FN8. The van der Waals surface area contributed by atoms with E-state index in [0.717, 1.165) is 90.5 Å². The summed E-state index contributed by atoms with van der Waals surface area (Å²) < 4.78 is 12.7. The van der Waals surface area contributed by atoms with Crippen LogP contribution in [0.4, 0.5) is 16.0 Å². The number of anilines is 2. The molecule has 8 nitrogen and oxygen atoms in total. The number of alkyl halides is 1. The Hall–Kier alpha value is -3.82. The molecule has 0 bridgehead atoms. The summed E-state index contributed by atoms with van der Waals surface area (Å²) in [6.45, 7) is 10.8. The van der Waals surface area contributed by atoms with Gasteiger partial charge in [-0.2, -0.15) is 0 Å². The topological polar surface area (TPSA) is 85.9 Å². The van der Waals surface area contributed by atoms with Gasteiger partial charge in [0.1, 0.15) is 18.3 Å². The Morgan fingerprint density at radius 3 is 2.51 bits per heavy atom. The number of fused-ring (bicyclic) bond motifs is 1. The molecule has 5 rings (SSSR count). The second-order valence-corrected chi connectivity index (χ2v) is 10.7. The van der Waals surface area contributed by atoms with Gasteiger partial charge < -0.3 is 16.0 Å². The lowest BCUT2D eigenvalue weighted by atomic mass is 9.98. The summed E-state index contributed by atoms with van der Waals surface area (Å²) in [5.74, 6) is 1.62. The number of nitrogens with zero attached hydrogens (tertiary/aromatic N) is 6. The highest BCUT2D eigenvalue weighted by atomic mass is 19.1. The van der Waals surface area contributed by atoms with E-state index in [9.17, 15) is 4.39 Å². The van der Waals surface area contributed by atoms with Gasteiger partial charge in [0.2, 0.25) is 0 Å². The maximum absolute atomic E-state index is 12.7. The van der Waals surface area contributed by atoms with Gasteiger partial charge in [0.05, 0.1) is 5.71 Å². The Bertz CT molecular complexity index is 1400. The highest BCUT2D eigenvalue weighted by molar-refractivity contribution is 6.25. The Morgan fingerprint density at radius 1 is 0.976 bits per heavy atom.